The van der Waals surface area contributed by atoms with Gasteiger partial charge in [0, 0.05) is 36.5 Å². The van der Waals surface area contributed by atoms with E-state index in [1.165, 1.54) is 37.1 Å². The molecule has 2 atom stereocenters. The molecule has 134 valence electrons. The molecule has 0 radical (unpaired) electrons. The molecular weight excluding hydrogens is 318 g/mol. The Hall–Kier alpha value is -0.910. The van der Waals surface area contributed by atoms with Gasteiger partial charge in [-0.1, -0.05) is 6.07 Å². The minimum atomic E-state index is 0.107. The first kappa shape index (κ1) is 17.9. The predicted molar refractivity (Wildman–Crippen MR) is 100 cm³/mol. The van der Waals surface area contributed by atoms with Gasteiger partial charge in [0.05, 0.1) is 0 Å². The van der Waals surface area contributed by atoms with E-state index in [0.717, 1.165) is 19.4 Å². The van der Waals surface area contributed by atoms with Crippen molar-refractivity contribution in [3.05, 3.63) is 22.4 Å². The number of hydrogen-bond acceptors (Lipinski definition) is 4. The average Bonchev–Trinajstić information content (AvgIpc) is 3.07. The van der Waals surface area contributed by atoms with E-state index >= 15 is 0 Å². The first-order chi connectivity index (χ1) is 11.6. The predicted octanol–water partition coefficient (Wildman–Crippen LogP) is 3.17. The highest BCUT2D eigenvalue weighted by molar-refractivity contribution is 7.10. The zero-order valence-corrected chi connectivity index (χ0v) is 15.8. The largest absolute Gasteiger partial charge is 0.354 e. The van der Waals surface area contributed by atoms with Crippen molar-refractivity contribution in [1.29, 1.82) is 0 Å². The molecule has 2 fully saturated rings. The number of piperidine rings is 1. The zero-order valence-electron chi connectivity index (χ0n) is 15.0. The Balaban J connectivity index is 1.49. The smallest absolute Gasteiger partial charge is 0.217 e. The second-order valence-corrected chi connectivity index (χ2v) is 8.48. The molecule has 1 aromatic heterocycles. The van der Waals surface area contributed by atoms with Crippen LogP contribution >= 0.6 is 11.3 Å². The Labute approximate surface area is 150 Å². The molecule has 4 nitrogen and oxygen atoms in total. The van der Waals surface area contributed by atoms with Gasteiger partial charge in [0.25, 0.3) is 0 Å². The number of rotatable bonds is 5. The van der Waals surface area contributed by atoms with Crippen molar-refractivity contribution in [1.82, 2.24) is 15.5 Å². The number of amides is 1. The van der Waals surface area contributed by atoms with Crippen LogP contribution in [0, 0.1) is 5.92 Å². The number of carbonyl (C=O) groups is 1. The van der Waals surface area contributed by atoms with Crippen LogP contribution in [0.15, 0.2) is 17.5 Å². The lowest BCUT2D eigenvalue weighted by atomic mass is 9.86. The summed E-state index contributed by atoms with van der Waals surface area (Å²) >= 11 is 1.89. The SMILES string of the molecule is CC(=O)NC1CCC(NC[C@H]2CCCN(C)[C@H]2c2cccs2)CC1. The summed E-state index contributed by atoms with van der Waals surface area (Å²) in [5, 5.41) is 9.11. The molecule has 0 bridgehead atoms. The number of likely N-dealkylation sites (tertiary alicyclic amines) is 1. The maximum Gasteiger partial charge on any atom is 0.217 e. The minimum absolute atomic E-state index is 0.107. The van der Waals surface area contributed by atoms with E-state index < -0.39 is 0 Å². The molecule has 1 amide bonds. The normalized spacial score (nSPS) is 31.8. The summed E-state index contributed by atoms with van der Waals surface area (Å²) in [6.45, 7) is 3.94. The van der Waals surface area contributed by atoms with Crippen LogP contribution in [0.25, 0.3) is 0 Å². The molecule has 1 aliphatic heterocycles. The Morgan fingerprint density at radius 1 is 1.25 bits per heavy atom. The molecule has 1 saturated carbocycles. The Morgan fingerprint density at radius 3 is 2.67 bits per heavy atom. The van der Waals surface area contributed by atoms with Gasteiger partial charge in [-0.25, -0.2) is 0 Å². The molecule has 0 spiro atoms. The van der Waals surface area contributed by atoms with Crippen molar-refractivity contribution < 1.29 is 4.79 Å². The van der Waals surface area contributed by atoms with Crippen molar-refractivity contribution in [3.63, 3.8) is 0 Å². The molecule has 3 rings (SSSR count). The number of thiophene rings is 1. The van der Waals surface area contributed by atoms with E-state index in [-0.39, 0.29) is 5.91 Å². The van der Waals surface area contributed by atoms with Gasteiger partial charge in [-0.05, 0) is 69.5 Å². The summed E-state index contributed by atoms with van der Waals surface area (Å²) in [6.07, 6.45) is 7.20. The topological polar surface area (TPSA) is 44.4 Å². The minimum Gasteiger partial charge on any atom is -0.354 e. The third-order valence-electron chi connectivity index (χ3n) is 5.65. The van der Waals surface area contributed by atoms with Crippen LogP contribution in [-0.4, -0.2) is 43.0 Å². The summed E-state index contributed by atoms with van der Waals surface area (Å²) in [5.41, 5.74) is 0. The van der Waals surface area contributed by atoms with Crippen LogP contribution in [0.3, 0.4) is 0 Å². The van der Waals surface area contributed by atoms with E-state index in [4.69, 9.17) is 0 Å². The van der Waals surface area contributed by atoms with Crippen molar-refractivity contribution in [3.8, 4) is 0 Å². The number of nitrogens with one attached hydrogen (secondary N) is 2. The van der Waals surface area contributed by atoms with Crippen molar-refractivity contribution in [2.45, 2.75) is 63.6 Å². The first-order valence-electron chi connectivity index (χ1n) is 9.37. The second kappa shape index (κ2) is 8.45. The van der Waals surface area contributed by atoms with Crippen LogP contribution < -0.4 is 10.6 Å². The van der Waals surface area contributed by atoms with Crippen molar-refractivity contribution in [2.75, 3.05) is 20.1 Å². The maximum atomic E-state index is 11.2. The van der Waals surface area contributed by atoms with Crippen molar-refractivity contribution >= 4 is 17.2 Å². The number of hydrogen-bond donors (Lipinski definition) is 2. The molecule has 5 heteroatoms. The fraction of sp³-hybridized carbons (Fsp3) is 0.737. The van der Waals surface area contributed by atoms with E-state index in [9.17, 15) is 4.79 Å². The summed E-state index contributed by atoms with van der Waals surface area (Å²) in [4.78, 5) is 15.2. The van der Waals surface area contributed by atoms with Crippen LogP contribution in [-0.2, 0) is 4.79 Å². The first-order valence-corrected chi connectivity index (χ1v) is 10.3. The van der Waals surface area contributed by atoms with Crippen LogP contribution in [0.2, 0.25) is 0 Å². The third kappa shape index (κ3) is 4.58. The molecule has 1 saturated heterocycles. The van der Waals surface area contributed by atoms with Gasteiger partial charge in [-0.3, -0.25) is 9.69 Å². The Bertz CT molecular complexity index is 511. The lowest BCUT2D eigenvalue weighted by Gasteiger charge is -2.40. The van der Waals surface area contributed by atoms with Crippen LogP contribution in [0.1, 0.15) is 56.4 Å². The van der Waals surface area contributed by atoms with Gasteiger partial charge in [0.15, 0.2) is 0 Å². The monoisotopic (exact) mass is 349 g/mol. The van der Waals surface area contributed by atoms with Crippen LogP contribution in [0.5, 0.6) is 0 Å². The van der Waals surface area contributed by atoms with Gasteiger partial charge >= 0.3 is 0 Å². The Morgan fingerprint density at radius 2 is 2.00 bits per heavy atom. The molecule has 0 aromatic carbocycles. The third-order valence-corrected chi connectivity index (χ3v) is 6.59. The van der Waals surface area contributed by atoms with Crippen LogP contribution in [0.4, 0.5) is 0 Å². The molecular formula is C19H31N3OS. The van der Waals surface area contributed by atoms with E-state index in [1.54, 1.807) is 6.92 Å². The lowest BCUT2D eigenvalue weighted by Crippen LogP contribution is -2.45. The highest BCUT2D eigenvalue weighted by atomic mass is 32.1. The molecule has 2 aliphatic rings. The maximum absolute atomic E-state index is 11.2. The van der Waals surface area contributed by atoms with Gasteiger partial charge in [0.2, 0.25) is 5.91 Å². The zero-order chi connectivity index (χ0) is 16.9. The van der Waals surface area contributed by atoms with Crippen molar-refractivity contribution in [2.24, 2.45) is 5.92 Å². The molecule has 0 unspecified atom stereocenters. The van der Waals surface area contributed by atoms with E-state index in [1.807, 2.05) is 11.3 Å². The van der Waals surface area contributed by atoms with Gasteiger partial charge in [-0.15, -0.1) is 11.3 Å². The quantitative estimate of drug-likeness (QED) is 0.858. The number of carbonyl (C=O) groups excluding carboxylic acids is 1. The number of nitrogens with zero attached hydrogens (tertiary/aromatic N) is 1. The lowest BCUT2D eigenvalue weighted by molar-refractivity contribution is -0.119. The Kier molecular flexibility index (Phi) is 6.31. The molecule has 2 N–H and O–H groups in total. The van der Waals surface area contributed by atoms with Gasteiger partial charge in [0.1, 0.15) is 0 Å². The summed E-state index contributed by atoms with van der Waals surface area (Å²) in [7, 11) is 2.27. The summed E-state index contributed by atoms with van der Waals surface area (Å²) in [6, 6.07) is 6.05. The summed E-state index contributed by atoms with van der Waals surface area (Å²) < 4.78 is 0. The highest BCUT2D eigenvalue weighted by Crippen LogP contribution is 2.37. The molecule has 1 aliphatic carbocycles. The average molecular weight is 350 g/mol. The highest BCUT2D eigenvalue weighted by Gasteiger charge is 2.31. The van der Waals surface area contributed by atoms with Gasteiger partial charge < -0.3 is 10.6 Å². The fourth-order valence-corrected chi connectivity index (χ4v) is 5.41. The van der Waals surface area contributed by atoms with E-state index in [2.05, 4.69) is 40.1 Å². The molecule has 1 aromatic rings. The fourth-order valence-electron chi connectivity index (χ4n) is 4.43. The second-order valence-electron chi connectivity index (χ2n) is 7.50. The molecule has 24 heavy (non-hydrogen) atoms. The standard InChI is InChI=1S/C19H31N3OS/c1-14(23)21-17-9-7-16(8-10-17)20-13-15-5-3-11-22(2)19(15)18-6-4-12-24-18/h4,6,12,15-17,19-20H,3,5,7-11,13H2,1-2H3,(H,21,23)/t15-,16?,17?,19-/m1/s1. The summed E-state index contributed by atoms with van der Waals surface area (Å²) in [5.74, 6) is 0.811. The molecule has 2 heterocycles. The van der Waals surface area contributed by atoms with E-state index in [0.29, 0.717) is 24.0 Å². The van der Waals surface area contributed by atoms with Gasteiger partial charge in [-0.2, -0.15) is 0 Å².